The molecule has 772 valence electrons. The minimum atomic E-state index is -0.0598. The van der Waals surface area contributed by atoms with Gasteiger partial charge in [-0.3, -0.25) is 9.80 Å². The van der Waals surface area contributed by atoms with E-state index < -0.39 is 0 Å². The maximum atomic E-state index is 2.68. The third-order valence-corrected chi connectivity index (χ3v) is 28.4. The summed E-state index contributed by atoms with van der Waals surface area (Å²) in [6.07, 6.45) is 8.23. The first-order valence-corrected chi connectivity index (χ1v) is 54.0. The van der Waals surface area contributed by atoms with Crippen LogP contribution >= 0.6 is 0 Å². The van der Waals surface area contributed by atoms with Crippen LogP contribution in [0.2, 0.25) is 0 Å². The van der Waals surface area contributed by atoms with Crippen LogP contribution in [-0.2, 0) is 22.2 Å². The fourth-order valence-corrected chi connectivity index (χ4v) is 21.9. The van der Waals surface area contributed by atoms with Crippen molar-refractivity contribution in [2.45, 2.75) is 303 Å². The number of rotatable bonds is 14. The van der Waals surface area contributed by atoms with Crippen LogP contribution in [0.4, 0.5) is 17.1 Å². The van der Waals surface area contributed by atoms with Gasteiger partial charge in [0.1, 0.15) is 0 Å². The van der Waals surface area contributed by atoms with Crippen molar-refractivity contribution >= 4 is 104 Å². The maximum Gasteiger partial charge on any atom is 0.0576 e. The molecular weight excluding hydrogens is 1790 g/mol. The van der Waals surface area contributed by atoms with E-state index in [-0.39, 0.29) is 22.2 Å². The van der Waals surface area contributed by atoms with Crippen LogP contribution in [0.15, 0.2) is 376 Å². The van der Waals surface area contributed by atoms with E-state index in [1.54, 1.807) is 0 Å². The predicted octanol–water partition coefficient (Wildman–Crippen LogP) is 37.7. The van der Waals surface area contributed by atoms with Gasteiger partial charge in [0, 0.05) is 194 Å². The van der Waals surface area contributed by atoms with Crippen LogP contribution in [-0.4, -0.2) is 112 Å². The van der Waals surface area contributed by atoms with Crippen LogP contribution in [0, 0.1) is 0 Å². The summed E-state index contributed by atoms with van der Waals surface area (Å²) in [6.45, 7) is 67.9. The molecule has 0 amide bonds. The van der Waals surface area contributed by atoms with Crippen molar-refractivity contribution in [2.75, 3.05) is 30.9 Å². The van der Waals surface area contributed by atoms with Gasteiger partial charge in [0.25, 0.3) is 0 Å². The number of hydrogen-bond acceptors (Lipinski definition) is 5. The van der Waals surface area contributed by atoms with E-state index in [0.29, 0.717) is 53.4 Å². The van der Waals surface area contributed by atoms with Crippen molar-refractivity contribution in [2.24, 2.45) is 0 Å². The third kappa shape index (κ3) is 27.3. The smallest absolute Gasteiger partial charge is 0.0576 e. The lowest BCUT2D eigenvalue weighted by Gasteiger charge is -2.55. The molecule has 1 aliphatic heterocycles. The second kappa shape index (κ2) is 49.2. The lowest BCUT2D eigenvalue weighted by atomic mass is 9.79. The monoisotopic (exact) mass is 1960 g/mol. The quantitative estimate of drug-likeness (QED) is 0.109. The molecule has 0 radical (unpaired) electrons. The third-order valence-electron chi connectivity index (χ3n) is 28.4. The number of piperidine rings is 1. The Labute approximate surface area is 884 Å². The number of hydrogen-bond donors (Lipinski definition) is 0. The summed E-state index contributed by atoms with van der Waals surface area (Å²) in [6, 6.07) is 134. The van der Waals surface area contributed by atoms with Crippen molar-refractivity contribution in [3.05, 3.63) is 376 Å². The average Bonchev–Trinajstić information content (AvgIpc) is 1.56. The Morgan fingerprint density at radius 1 is 0.259 bits per heavy atom. The number of para-hydroxylation sites is 10. The minimum Gasteiger partial charge on any atom is -0.372 e. The zero-order chi connectivity index (χ0) is 107. The largest absolute Gasteiger partial charge is 0.372 e. The predicted molar refractivity (Wildman–Crippen MR) is 649 cm³/mol. The van der Waals surface area contributed by atoms with E-state index in [4.69, 9.17) is 0 Å². The number of likely N-dealkylation sites (tertiary alicyclic amines) is 1. The molecule has 5 aromatic heterocycles. The average molecular weight is 1960 g/mol. The summed E-state index contributed by atoms with van der Waals surface area (Å²) in [5.74, 6) is 0. The Balaban J connectivity index is 0.000000153. The Bertz CT molecular complexity index is 7070. The lowest BCUT2D eigenvalue weighted by molar-refractivity contribution is -0.0508. The Morgan fingerprint density at radius 3 is 0.857 bits per heavy atom. The highest BCUT2D eigenvalue weighted by molar-refractivity contribution is 6.17. The van der Waals surface area contributed by atoms with Gasteiger partial charge >= 0.3 is 0 Å². The molecule has 6 heterocycles. The molecule has 10 nitrogen and oxygen atoms in total. The highest BCUT2D eigenvalue weighted by atomic mass is 15.3. The molecule has 0 spiro atoms. The maximum absolute atomic E-state index is 2.68. The van der Waals surface area contributed by atoms with Gasteiger partial charge in [-0.2, -0.15) is 0 Å². The van der Waals surface area contributed by atoms with Gasteiger partial charge in [-0.15, -0.1) is 0 Å². The van der Waals surface area contributed by atoms with Gasteiger partial charge in [0.15, 0.2) is 0 Å². The fourth-order valence-electron chi connectivity index (χ4n) is 21.9. The molecule has 10 heteroatoms. The van der Waals surface area contributed by atoms with E-state index >= 15 is 0 Å². The van der Waals surface area contributed by atoms with E-state index in [0.717, 1.165) is 0 Å². The highest BCUT2D eigenvalue weighted by Gasteiger charge is 2.42. The van der Waals surface area contributed by atoms with E-state index in [1.165, 1.54) is 163 Å². The van der Waals surface area contributed by atoms with Gasteiger partial charge in [-0.1, -0.05) is 273 Å². The summed E-state index contributed by atoms with van der Waals surface area (Å²) in [5.41, 5.74) is 23.9. The van der Waals surface area contributed by atoms with Crippen molar-refractivity contribution in [1.29, 1.82) is 0 Å². The zero-order valence-electron chi connectivity index (χ0n) is 95.4. The van der Waals surface area contributed by atoms with Gasteiger partial charge in [-0.05, 0) is 349 Å². The van der Waals surface area contributed by atoms with Crippen LogP contribution < -0.4 is 9.80 Å². The topological polar surface area (TPSA) is 40.9 Å². The summed E-state index contributed by atoms with van der Waals surface area (Å²) < 4.78 is 12.1. The molecule has 14 aromatic carbocycles. The van der Waals surface area contributed by atoms with Crippen molar-refractivity contribution < 1.29 is 0 Å². The summed E-state index contributed by atoms with van der Waals surface area (Å²) in [4.78, 5) is 11.9. The molecule has 1 aliphatic rings. The summed E-state index contributed by atoms with van der Waals surface area (Å²) in [5, 5.41) is 10.5. The molecule has 1 saturated heterocycles. The second-order valence-corrected chi connectivity index (χ2v) is 47.0. The van der Waals surface area contributed by atoms with Crippen LogP contribution in [0.5, 0.6) is 0 Å². The number of nitrogens with zero attached hydrogens (tertiary/aromatic N) is 10. The molecule has 0 atom stereocenters. The molecule has 0 bridgehead atoms. The molecule has 147 heavy (non-hydrogen) atoms. The summed E-state index contributed by atoms with van der Waals surface area (Å²) >= 11 is 0. The molecular formula is C137H174N10. The normalized spacial score (nSPS) is 13.2. The van der Waals surface area contributed by atoms with E-state index in [2.05, 4.69) is 622 Å². The Hall–Kier alpha value is -13.0. The van der Waals surface area contributed by atoms with E-state index in [1.807, 2.05) is 30.3 Å². The molecule has 0 aliphatic carbocycles. The van der Waals surface area contributed by atoms with Crippen molar-refractivity contribution in [3.63, 3.8) is 0 Å². The first-order chi connectivity index (χ1) is 69.7. The van der Waals surface area contributed by atoms with E-state index in [9.17, 15) is 0 Å². The van der Waals surface area contributed by atoms with Gasteiger partial charge in [0.05, 0.1) is 27.6 Å². The standard InChI is InChI=1S/C28H24N2.C28H25N.C22H21N.C15H17N.C12H25N.C10H15N.C9H21N.C8H13N.C5H13N/c1-28(2,3)30-26-15-9-6-12-22(26)23-18-19(16-17-27(23)30)29-24-13-7-4-10-20(24)21-11-5-8-14-25(21)29;1-28(2,3)29-26-22(20-12-6-4-7-13-20)16-10-18-24(26)25-19-11-17-23(27(25)29)21-14-8-5-9-15-21;1-22(2,3)23-20-15-8-7-12-18(20)19-14-9-13-17(21(19)23)16-10-5-4-6-11-16;1-13(2)16(14-9-5-3-6-10-14)15-11-7-4-8-12-15;1-10(2)13-11(3,4)8-7-9-12(13,5)6;1-9(2)11(3)10-7-5-4-6-8-10;1-7(2)10(8(3)4)9(5)6;1-8(2,3)9-6-4-5-7-9;1-5(2)6(3)4/h4-18H,1-3H3;4-19H,1-3H3;4-15H,1-3H3;3-13H,1-2H3;10H,7-9H2,1-6H3;4-9H,1-3H3;7-9H,1-6H3;4-7H,1-3H3;5H,1-4H3. The van der Waals surface area contributed by atoms with Crippen molar-refractivity contribution in [1.82, 2.24) is 37.5 Å². The Morgan fingerprint density at radius 2 is 0.551 bits per heavy atom. The first kappa shape index (κ1) is 113. The van der Waals surface area contributed by atoms with Gasteiger partial charge < -0.3 is 37.5 Å². The van der Waals surface area contributed by atoms with Crippen molar-refractivity contribution in [3.8, 4) is 39.1 Å². The highest BCUT2D eigenvalue weighted by Crippen LogP contribution is 2.46. The molecule has 1 fully saturated rings. The molecule has 20 rings (SSSR count). The molecule has 0 saturated carbocycles. The number of anilines is 3. The SMILES string of the molecule is CC(C)(C)n1c2c(-c3ccccc3)cccc2c2cccc(-c3ccccc3)c21.CC(C)(C)n1c2ccccc2c2cc(-n3c4ccccc4c4ccccc43)ccc21.CC(C)(C)n1c2ccccc2c2cccc(-c3ccccc3)c21.CC(C)(C)n1cccc1.CC(C)N(C(C)C)C(C)C.CC(C)N(C)C.CC(C)N(C)c1ccccc1.CC(C)N(c1ccccc1)c1ccccc1.CC(C)N1C(C)(C)CCCC1(C)C. The molecule has 0 unspecified atom stereocenters. The second-order valence-electron chi connectivity index (χ2n) is 47.0. The Kier molecular flexibility index (Phi) is 37.8. The zero-order valence-corrected chi connectivity index (χ0v) is 95.4. The number of benzene rings is 14. The van der Waals surface area contributed by atoms with Crippen LogP contribution in [0.3, 0.4) is 0 Å². The first-order valence-electron chi connectivity index (χ1n) is 54.0. The van der Waals surface area contributed by atoms with Crippen LogP contribution in [0.1, 0.15) is 227 Å². The number of fused-ring (bicyclic) bond motifs is 12. The van der Waals surface area contributed by atoms with Gasteiger partial charge in [0.2, 0.25) is 0 Å². The molecule has 19 aromatic rings. The van der Waals surface area contributed by atoms with Gasteiger partial charge in [-0.25, -0.2) is 0 Å². The lowest BCUT2D eigenvalue weighted by Crippen LogP contribution is -2.61. The fraction of sp³-hybridized carbons (Fsp3) is 0.358. The summed E-state index contributed by atoms with van der Waals surface area (Å²) in [7, 11) is 6.26. The number of aromatic nitrogens is 5. The molecule has 0 N–H and O–H groups in total. The van der Waals surface area contributed by atoms with Crippen LogP contribution in [0.25, 0.3) is 126 Å². The minimum absolute atomic E-state index is 0.00964.